The lowest BCUT2D eigenvalue weighted by atomic mass is 9.85. The van der Waals surface area contributed by atoms with Crippen LogP contribution in [0.1, 0.15) is 36.2 Å². The van der Waals surface area contributed by atoms with Crippen LogP contribution in [0.25, 0.3) is 11.3 Å². The fraction of sp³-hybridized carbons (Fsp3) is 0.412. The highest BCUT2D eigenvalue weighted by molar-refractivity contribution is 5.92. The number of benzene rings is 1. The van der Waals surface area contributed by atoms with Gasteiger partial charge in [-0.05, 0) is 12.8 Å². The first kappa shape index (κ1) is 14.8. The maximum atomic E-state index is 12.3. The van der Waals surface area contributed by atoms with Crippen LogP contribution in [-0.4, -0.2) is 28.8 Å². The van der Waals surface area contributed by atoms with Gasteiger partial charge < -0.3 is 14.9 Å². The number of hydrogen-bond acceptors (Lipinski definition) is 4. The number of rotatable bonds is 4. The molecular formula is C17H20N2O3. The molecule has 0 aliphatic heterocycles. The van der Waals surface area contributed by atoms with Crippen molar-refractivity contribution in [2.24, 2.45) is 5.92 Å². The third-order valence-electron chi connectivity index (χ3n) is 4.26. The molecule has 2 unspecified atom stereocenters. The Morgan fingerprint density at radius 3 is 2.82 bits per heavy atom. The summed E-state index contributed by atoms with van der Waals surface area (Å²) in [7, 11) is 0. The Bertz CT molecular complexity index is 624. The number of aliphatic hydroxyl groups is 1. The first-order valence-electron chi connectivity index (χ1n) is 7.72. The predicted octanol–water partition coefficient (Wildman–Crippen LogP) is 2.62. The Balaban J connectivity index is 1.69. The van der Waals surface area contributed by atoms with Crippen LogP contribution in [-0.2, 0) is 0 Å². The molecule has 0 saturated heterocycles. The summed E-state index contributed by atoms with van der Waals surface area (Å²) in [6.07, 6.45) is 4.04. The molecule has 2 N–H and O–H groups in total. The summed E-state index contributed by atoms with van der Waals surface area (Å²) in [5.41, 5.74) is 1.56. The highest BCUT2D eigenvalue weighted by Gasteiger charge is 2.27. The lowest BCUT2D eigenvalue weighted by Crippen LogP contribution is -2.43. The summed E-state index contributed by atoms with van der Waals surface area (Å²) in [6.45, 7) is 0.108. The van der Waals surface area contributed by atoms with Crippen LogP contribution in [0.2, 0.25) is 0 Å². The molecule has 1 aromatic carbocycles. The zero-order valence-corrected chi connectivity index (χ0v) is 12.4. The van der Waals surface area contributed by atoms with E-state index in [1.807, 2.05) is 30.3 Å². The summed E-state index contributed by atoms with van der Waals surface area (Å²) in [6, 6.07) is 11.3. The number of aromatic nitrogens is 1. The predicted molar refractivity (Wildman–Crippen MR) is 82.2 cm³/mol. The molecule has 5 heteroatoms. The van der Waals surface area contributed by atoms with Crippen molar-refractivity contribution >= 4 is 5.91 Å². The minimum absolute atomic E-state index is 0.0107. The van der Waals surface area contributed by atoms with Gasteiger partial charge >= 0.3 is 0 Å². The molecule has 2 atom stereocenters. The molecule has 1 fully saturated rings. The third kappa shape index (κ3) is 3.20. The quantitative estimate of drug-likeness (QED) is 0.910. The number of nitrogens with zero attached hydrogens (tertiary/aromatic N) is 1. The Hall–Kier alpha value is -2.14. The van der Waals surface area contributed by atoms with Gasteiger partial charge in [-0.2, -0.15) is 0 Å². The molecule has 22 heavy (non-hydrogen) atoms. The number of amides is 1. The Kier molecular flexibility index (Phi) is 4.53. The van der Waals surface area contributed by atoms with E-state index in [0.29, 0.717) is 5.69 Å². The molecule has 1 saturated carbocycles. The zero-order chi connectivity index (χ0) is 15.4. The summed E-state index contributed by atoms with van der Waals surface area (Å²) in [5, 5.41) is 16.3. The van der Waals surface area contributed by atoms with E-state index >= 15 is 0 Å². The van der Waals surface area contributed by atoms with Crippen molar-refractivity contribution in [3.8, 4) is 11.3 Å². The van der Waals surface area contributed by atoms with Gasteiger partial charge in [0.25, 0.3) is 5.91 Å². The van der Waals surface area contributed by atoms with E-state index in [4.69, 9.17) is 4.52 Å². The van der Waals surface area contributed by atoms with Crippen LogP contribution >= 0.6 is 0 Å². The van der Waals surface area contributed by atoms with Gasteiger partial charge in [-0.3, -0.25) is 4.79 Å². The third-order valence-corrected chi connectivity index (χ3v) is 4.26. The molecule has 1 aliphatic rings. The topological polar surface area (TPSA) is 75.4 Å². The monoisotopic (exact) mass is 300 g/mol. The molecular weight excluding hydrogens is 280 g/mol. The number of aliphatic hydroxyl groups excluding tert-OH is 1. The minimum atomic E-state index is -0.264. The largest absolute Gasteiger partial charge is 0.396 e. The molecule has 0 radical (unpaired) electrons. The normalized spacial score (nSPS) is 21.5. The molecule has 0 spiro atoms. The second-order valence-corrected chi connectivity index (χ2v) is 5.75. The van der Waals surface area contributed by atoms with Gasteiger partial charge in [0, 0.05) is 30.2 Å². The van der Waals surface area contributed by atoms with Crippen molar-refractivity contribution in [3.05, 3.63) is 42.2 Å². The summed E-state index contributed by atoms with van der Waals surface area (Å²) < 4.78 is 5.17. The lowest BCUT2D eigenvalue weighted by Gasteiger charge is -2.30. The fourth-order valence-corrected chi connectivity index (χ4v) is 2.98. The van der Waals surface area contributed by atoms with E-state index in [2.05, 4.69) is 10.5 Å². The van der Waals surface area contributed by atoms with Crippen molar-refractivity contribution in [2.75, 3.05) is 6.61 Å². The average molecular weight is 300 g/mol. The summed E-state index contributed by atoms with van der Waals surface area (Å²) in [5.74, 6) is 0.0790. The van der Waals surface area contributed by atoms with E-state index in [-0.39, 0.29) is 30.2 Å². The van der Waals surface area contributed by atoms with Gasteiger partial charge in [0.2, 0.25) is 5.76 Å². The molecule has 1 aromatic heterocycles. The van der Waals surface area contributed by atoms with E-state index in [0.717, 1.165) is 31.2 Å². The molecule has 1 amide bonds. The molecule has 5 nitrogen and oxygen atoms in total. The first-order chi connectivity index (χ1) is 10.8. The van der Waals surface area contributed by atoms with Crippen LogP contribution in [0.3, 0.4) is 0 Å². The van der Waals surface area contributed by atoms with Gasteiger partial charge in [-0.15, -0.1) is 0 Å². The van der Waals surface area contributed by atoms with Gasteiger partial charge in [0.15, 0.2) is 0 Å². The van der Waals surface area contributed by atoms with Crippen molar-refractivity contribution in [2.45, 2.75) is 31.7 Å². The van der Waals surface area contributed by atoms with Crippen LogP contribution in [0.15, 0.2) is 40.9 Å². The zero-order valence-electron chi connectivity index (χ0n) is 12.4. The first-order valence-corrected chi connectivity index (χ1v) is 7.72. The van der Waals surface area contributed by atoms with Crippen molar-refractivity contribution in [1.29, 1.82) is 0 Å². The maximum Gasteiger partial charge on any atom is 0.290 e. The standard InChI is InChI=1S/C17H20N2O3/c20-11-13-8-4-5-9-14(13)18-17(21)16-10-15(19-22-16)12-6-2-1-3-7-12/h1-3,6-7,10,13-14,20H,4-5,8-9,11H2,(H,18,21). The molecule has 1 heterocycles. The van der Waals surface area contributed by atoms with E-state index < -0.39 is 0 Å². The number of carbonyl (C=O) groups is 1. The summed E-state index contributed by atoms with van der Waals surface area (Å²) >= 11 is 0. The van der Waals surface area contributed by atoms with Crippen LogP contribution < -0.4 is 5.32 Å². The fourth-order valence-electron chi connectivity index (χ4n) is 2.98. The average Bonchev–Trinajstić information content (AvgIpc) is 3.06. The van der Waals surface area contributed by atoms with E-state index in [1.165, 1.54) is 0 Å². The Labute approximate surface area is 129 Å². The SMILES string of the molecule is O=C(NC1CCCCC1CO)c1cc(-c2ccccc2)no1. The van der Waals surface area contributed by atoms with Crippen molar-refractivity contribution < 1.29 is 14.4 Å². The van der Waals surface area contributed by atoms with Crippen LogP contribution in [0.4, 0.5) is 0 Å². The maximum absolute atomic E-state index is 12.3. The Morgan fingerprint density at radius 2 is 2.05 bits per heavy atom. The van der Waals surface area contributed by atoms with E-state index in [1.54, 1.807) is 6.07 Å². The highest BCUT2D eigenvalue weighted by atomic mass is 16.5. The Morgan fingerprint density at radius 1 is 1.27 bits per heavy atom. The molecule has 2 aromatic rings. The van der Waals surface area contributed by atoms with Crippen molar-refractivity contribution in [1.82, 2.24) is 10.5 Å². The van der Waals surface area contributed by atoms with Crippen LogP contribution in [0, 0.1) is 5.92 Å². The molecule has 1 aliphatic carbocycles. The molecule has 3 rings (SSSR count). The van der Waals surface area contributed by atoms with Crippen molar-refractivity contribution in [3.63, 3.8) is 0 Å². The number of nitrogens with one attached hydrogen (secondary N) is 1. The second kappa shape index (κ2) is 6.75. The smallest absolute Gasteiger partial charge is 0.290 e. The lowest BCUT2D eigenvalue weighted by molar-refractivity contribution is 0.0836. The van der Waals surface area contributed by atoms with E-state index in [9.17, 15) is 9.90 Å². The van der Waals surface area contributed by atoms with Gasteiger partial charge in [-0.1, -0.05) is 48.3 Å². The van der Waals surface area contributed by atoms with Crippen LogP contribution in [0.5, 0.6) is 0 Å². The molecule has 116 valence electrons. The number of carbonyl (C=O) groups excluding carboxylic acids is 1. The molecule has 0 bridgehead atoms. The minimum Gasteiger partial charge on any atom is -0.396 e. The number of hydrogen-bond donors (Lipinski definition) is 2. The summed E-state index contributed by atoms with van der Waals surface area (Å²) in [4.78, 5) is 12.3. The van der Waals surface area contributed by atoms with Gasteiger partial charge in [0.05, 0.1) is 0 Å². The van der Waals surface area contributed by atoms with Gasteiger partial charge in [-0.25, -0.2) is 0 Å². The second-order valence-electron chi connectivity index (χ2n) is 5.75. The van der Waals surface area contributed by atoms with Gasteiger partial charge in [0.1, 0.15) is 5.69 Å². The highest BCUT2D eigenvalue weighted by Crippen LogP contribution is 2.25.